The second-order valence-electron chi connectivity index (χ2n) is 6.18. The molecule has 1 heterocycles. The molecule has 0 spiro atoms. The smallest absolute Gasteiger partial charge is 0.203 e. The first-order valence-corrected chi connectivity index (χ1v) is 9.32. The number of nitrogens with zero attached hydrogens (tertiary/aromatic N) is 1. The van der Waals surface area contributed by atoms with E-state index in [1.807, 2.05) is 54.6 Å². The van der Waals surface area contributed by atoms with Crippen molar-refractivity contribution < 1.29 is 28.4 Å². The van der Waals surface area contributed by atoms with Crippen LogP contribution in [0.25, 0.3) is 0 Å². The fourth-order valence-electron chi connectivity index (χ4n) is 2.90. The topological polar surface area (TPSA) is 68.3 Å². The van der Waals surface area contributed by atoms with Crippen molar-refractivity contribution in [2.45, 2.75) is 13.2 Å². The second kappa shape index (κ2) is 10.2. The van der Waals surface area contributed by atoms with Crippen molar-refractivity contribution in [3.05, 3.63) is 66.0 Å². The van der Waals surface area contributed by atoms with Gasteiger partial charge >= 0.3 is 0 Å². The highest BCUT2D eigenvalue weighted by molar-refractivity contribution is 5.51. The van der Waals surface area contributed by atoms with Gasteiger partial charge in [0.05, 0.1) is 39.8 Å². The molecule has 3 aromatic rings. The Hall–Kier alpha value is -3.61. The summed E-state index contributed by atoms with van der Waals surface area (Å²) in [6, 6.07) is 16.6. The summed E-state index contributed by atoms with van der Waals surface area (Å²) in [6.07, 6.45) is 0. The maximum atomic E-state index is 5.93. The van der Waals surface area contributed by atoms with Gasteiger partial charge in [-0.1, -0.05) is 18.2 Å². The predicted molar refractivity (Wildman–Crippen MR) is 112 cm³/mol. The summed E-state index contributed by atoms with van der Waals surface area (Å²) in [6.45, 7) is 0.505. The minimum absolute atomic E-state index is 0.253. The molecule has 0 fully saturated rings. The van der Waals surface area contributed by atoms with Crippen molar-refractivity contribution in [1.82, 2.24) is 4.98 Å². The SMILES string of the molecule is COc1cccc(OC)c1OCc1cccc(COc2c(OC)cccc2OC)n1. The number of methoxy groups -OCH3 is 4. The molecule has 0 atom stereocenters. The van der Waals surface area contributed by atoms with Gasteiger partial charge in [-0.2, -0.15) is 0 Å². The van der Waals surface area contributed by atoms with Crippen molar-refractivity contribution in [3.63, 3.8) is 0 Å². The van der Waals surface area contributed by atoms with E-state index < -0.39 is 0 Å². The van der Waals surface area contributed by atoms with Crippen LogP contribution < -0.4 is 28.4 Å². The van der Waals surface area contributed by atoms with Crippen LogP contribution in [-0.4, -0.2) is 33.4 Å². The Morgan fingerprint density at radius 3 is 1.20 bits per heavy atom. The molecule has 0 aliphatic rings. The van der Waals surface area contributed by atoms with E-state index in [2.05, 4.69) is 4.98 Å². The van der Waals surface area contributed by atoms with Gasteiger partial charge in [-0.15, -0.1) is 0 Å². The molecule has 158 valence electrons. The standard InChI is InChI=1S/C23H25NO6/c1-25-18-10-6-11-19(26-2)22(18)29-14-16-8-5-9-17(24-16)15-30-23-20(27-3)12-7-13-21(23)28-4/h5-13H,14-15H2,1-4H3. The van der Waals surface area contributed by atoms with Crippen LogP contribution in [0.5, 0.6) is 34.5 Å². The van der Waals surface area contributed by atoms with Gasteiger partial charge in [0.2, 0.25) is 11.5 Å². The van der Waals surface area contributed by atoms with Crippen LogP contribution in [0.1, 0.15) is 11.4 Å². The lowest BCUT2D eigenvalue weighted by atomic mass is 10.2. The van der Waals surface area contributed by atoms with Crippen LogP contribution >= 0.6 is 0 Å². The summed E-state index contributed by atoms with van der Waals surface area (Å²) < 4.78 is 33.3. The Bertz CT molecular complexity index is 856. The normalized spacial score (nSPS) is 10.3. The van der Waals surface area contributed by atoms with Gasteiger partial charge in [0.15, 0.2) is 23.0 Å². The highest BCUT2D eigenvalue weighted by atomic mass is 16.5. The molecular formula is C23H25NO6. The van der Waals surface area contributed by atoms with Crippen molar-refractivity contribution in [2.75, 3.05) is 28.4 Å². The third-order valence-corrected chi connectivity index (χ3v) is 4.36. The van der Waals surface area contributed by atoms with Crippen molar-refractivity contribution in [1.29, 1.82) is 0 Å². The van der Waals surface area contributed by atoms with E-state index in [-0.39, 0.29) is 13.2 Å². The number of pyridine rings is 1. The lowest BCUT2D eigenvalue weighted by Gasteiger charge is -2.15. The van der Waals surface area contributed by atoms with Crippen molar-refractivity contribution >= 4 is 0 Å². The van der Waals surface area contributed by atoms with Crippen LogP contribution in [-0.2, 0) is 13.2 Å². The average molecular weight is 411 g/mol. The summed E-state index contributed by atoms with van der Waals surface area (Å²) in [5, 5.41) is 0. The molecule has 0 radical (unpaired) electrons. The highest BCUT2D eigenvalue weighted by Crippen LogP contribution is 2.38. The molecule has 1 aromatic heterocycles. The Morgan fingerprint density at radius 1 is 0.533 bits per heavy atom. The van der Waals surface area contributed by atoms with Crippen LogP contribution in [0.2, 0.25) is 0 Å². The molecule has 0 saturated carbocycles. The summed E-state index contributed by atoms with van der Waals surface area (Å²) in [7, 11) is 6.35. The molecular weight excluding hydrogens is 386 g/mol. The lowest BCUT2D eigenvalue weighted by molar-refractivity contribution is 0.255. The average Bonchev–Trinajstić information content (AvgIpc) is 2.80. The van der Waals surface area contributed by atoms with Gasteiger partial charge in [0.1, 0.15) is 13.2 Å². The van der Waals surface area contributed by atoms with Crippen LogP contribution in [0.3, 0.4) is 0 Å². The summed E-state index contributed by atoms with van der Waals surface area (Å²) in [5.41, 5.74) is 1.49. The van der Waals surface area contributed by atoms with Crippen LogP contribution in [0, 0.1) is 0 Å². The number of hydrogen-bond acceptors (Lipinski definition) is 7. The number of aromatic nitrogens is 1. The molecule has 0 N–H and O–H groups in total. The Morgan fingerprint density at radius 2 is 0.867 bits per heavy atom. The predicted octanol–water partition coefficient (Wildman–Crippen LogP) is 4.27. The highest BCUT2D eigenvalue weighted by Gasteiger charge is 2.13. The van der Waals surface area contributed by atoms with E-state index in [0.717, 1.165) is 11.4 Å². The maximum Gasteiger partial charge on any atom is 0.203 e. The fourth-order valence-corrected chi connectivity index (χ4v) is 2.90. The number of rotatable bonds is 10. The second-order valence-corrected chi connectivity index (χ2v) is 6.18. The third kappa shape index (κ3) is 4.86. The van der Waals surface area contributed by atoms with Gasteiger partial charge < -0.3 is 28.4 Å². The molecule has 0 amide bonds. The van der Waals surface area contributed by atoms with Gasteiger partial charge in [-0.05, 0) is 36.4 Å². The molecule has 0 aliphatic carbocycles. The minimum atomic E-state index is 0.253. The molecule has 0 aliphatic heterocycles. The molecule has 0 saturated heterocycles. The van der Waals surface area contributed by atoms with E-state index >= 15 is 0 Å². The van der Waals surface area contributed by atoms with E-state index in [1.54, 1.807) is 28.4 Å². The fraction of sp³-hybridized carbons (Fsp3) is 0.261. The zero-order valence-corrected chi connectivity index (χ0v) is 17.5. The van der Waals surface area contributed by atoms with Gasteiger partial charge in [-0.25, -0.2) is 0 Å². The monoisotopic (exact) mass is 411 g/mol. The number of benzene rings is 2. The van der Waals surface area contributed by atoms with Gasteiger partial charge in [0, 0.05) is 0 Å². The largest absolute Gasteiger partial charge is 0.493 e. The van der Waals surface area contributed by atoms with Crippen molar-refractivity contribution in [3.8, 4) is 34.5 Å². The molecule has 2 aromatic carbocycles. The first-order chi connectivity index (χ1) is 14.7. The van der Waals surface area contributed by atoms with Crippen molar-refractivity contribution in [2.24, 2.45) is 0 Å². The van der Waals surface area contributed by atoms with E-state index in [4.69, 9.17) is 28.4 Å². The molecule has 7 nitrogen and oxygen atoms in total. The summed E-state index contributed by atoms with van der Waals surface area (Å²) in [4.78, 5) is 4.61. The summed E-state index contributed by atoms with van der Waals surface area (Å²) in [5.74, 6) is 3.44. The first-order valence-electron chi connectivity index (χ1n) is 9.32. The molecule has 30 heavy (non-hydrogen) atoms. The molecule has 0 bridgehead atoms. The van der Waals surface area contributed by atoms with Crippen LogP contribution in [0.4, 0.5) is 0 Å². The Balaban J connectivity index is 1.71. The number of ether oxygens (including phenoxy) is 6. The minimum Gasteiger partial charge on any atom is -0.493 e. The van der Waals surface area contributed by atoms with Crippen LogP contribution in [0.15, 0.2) is 54.6 Å². The Kier molecular flexibility index (Phi) is 7.21. The number of hydrogen-bond donors (Lipinski definition) is 0. The van der Waals surface area contributed by atoms with E-state index in [0.29, 0.717) is 34.5 Å². The van der Waals surface area contributed by atoms with Gasteiger partial charge in [0.25, 0.3) is 0 Å². The lowest BCUT2D eigenvalue weighted by Crippen LogP contribution is -2.05. The quantitative estimate of drug-likeness (QED) is 0.493. The first kappa shape index (κ1) is 21.1. The van der Waals surface area contributed by atoms with E-state index in [1.165, 1.54) is 0 Å². The molecule has 3 rings (SSSR count). The maximum absolute atomic E-state index is 5.93. The Labute approximate surface area is 176 Å². The van der Waals surface area contributed by atoms with Gasteiger partial charge in [-0.3, -0.25) is 4.98 Å². The summed E-state index contributed by atoms with van der Waals surface area (Å²) >= 11 is 0. The van der Waals surface area contributed by atoms with E-state index in [9.17, 15) is 0 Å². The third-order valence-electron chi connectivity index (χ3n) is 4.36. The number of para-hydroxylation sites is 2. The zero-order valence-electron chi connectivity index (χ0n) is 17.5. The zero-order chi connectivity index (χ0) is 21.3. The molecule has 7 heteroatoms. The molecule has 0 unspecified atom stereocenters.